The lowest BCUT2D eigenvalue weighted by Crippen LogP contribution is -2.47. The minimum absolute atomic E-state index is 0.0149. The number of nitrogens with zero attached hydrogens (tertiary/aromatic N) is 4. The molecular formula is C14H17N5O2. The summed E-state index contributed by atoms with van der Waals surface area (Å²) >= 11 is 0. The Morgan fingerprint density at radius 1 is 1.24 bits per heavy atom. The highest BCUT2D eigenvalue weighted by atomic mass is 16.5. The molecule has 7 heteroatoms. The van der Waals surface area contributed by atoms with E-state index in [0.29, 0.717) is 19.2 Å². The number of ether oxygens (including phenoxy) is 1. The van der Waals surface area contributed by atoms with Crippen LogP contribution in [0.2, 0.25) is 0 Å². The van der Waals surface area contributed by atoms with Crippen LogP contribution in [0.5, 0.6) is 0 Å². The normalized spacial score (nSPS) is 18.5. The first kappa shape index (κ1) is 13.7. The molecule has 1 aromatic heterocycles. The summed E-state index contributed by atoms with van der Waals surface area (Å²) in [5.74, 6) is 0.511. The average Bonchev–Trinajstić information content (AvgIpc) is 2.56. The van der Waals surface area contributed by atoms with Crippen molar-refractivity contribution in [2.24, 2.45) is 0 Å². The number of anilines is 3. The van der Waals surface area contributed by atoms with Crippen molar-refractivity contribution in [1.29, 1.82) is 0 Å². The van der Waals surface area contributed by atoms with Crippen LogP contribution in [0.15, 0.2) is 36.9 Å². The van der Waals surface area contributed by atoms with Crippen LogP contribution >= 0.6 is 0 Å². The van der Waals surface area contributed by atoms with Crippen LogP contribution in [0.4, 0.5) is 17.3 Å². The van der Waals surface area contributed by atoms with Gasteiger partial charge < -0.3 is 20.1 Å². The topological polar surface area (TPSA) is 83.4 Å². The number of nitrogens with one attached hydrogen (secondary N) is 1. The molecule has 1 aliphatic rings. The Morgan fingerprint density at radius 2 is 2.00 bits per heavy atom. The number of hydrogen-bond donors (Lipinski definition) is 2. The van der Waals surface area contributed by atoms with Crippen molar-refractivity contribution in [3.05, 3.63) is 36.9 Å². The fourth-order valence-electron chi connectivity index (χ4n) is 2.32. The van der Waals surface area contributed by atoms with Gasteiger partial charge in [-0.25, -0.2) is 15.0 Å². The zero-order chi connectivity index (χ0) is 14.5. The molecule has 110 valence electrons. The Morgan fingerprint density at radius 3 is 2.71 bits per heavy atom. The molecule has 3 rings (SSSR count). The van der Waals surface area contributed by atoms with Crippen LogP contribution in [-0.2, 0) is 4.74 Å². The van der Waals surface area contributed by atoms with Crippen molar-refractivity contribution in [3.8, 4) is 0 Å². The van der Waals surface area contributed by atoms with E-state index in [1.54, 1.807) is 0 Å². The Balaban J connectivity index is 1.71. The molecule has 2 heterocycles. The Bertz CT molecular complexity index is 563. The summed E-state index contributed by atoms with van der Waals surface area (Å²) in [6.45, 7) is 2.11. The van der Waals surface area contributed by atoms with Gasteiger partial charge in [-0.15, -0.1) is 0 Å². The molecule has 0 saturated carbocycles. The highest BCUT2D eigenvalue weighted by molar-refractivity contribution is 5.59. The SMILES string of the molecule is OC[C@@H]1COCCN1c1ccc(Nc2ncncn2)cc1. The van der Waals surface area contributed by atoms with E-state index in [-0.39, 0.29) is 12.6 Å². The minimum Gasteiger partial charge on any atom is -0.394 e. The third-order valence-corrected chi connectivity index (χ3v) is 3.39. The molecule has 21 heavy (non-hydrogen) atoms. The molecule has 0 amide bonds. The number of rotatable bonds is 4. The maximum absolute atomic E-state index is 9.42. The van der Waals surface area contributed by atoms with Gasteiger partial charge in [-0.3, -0.25) is 0 Å². The predicted molar refractivity (Wildman–Crippen MR) is 78.6 cm³/mol. The van der Waals surface area contributed by atoms with Gasteiger partial charge in [-0.2, -0.15) is 0 Å². The Kier molecular flexibility index (Phi) is 4.23. The van der Waals surface area contributed by atoms with Crippen LogP contribution in [0.1, 0.15) is 0 Å². The molecule has 0 radical (unpaired) electrons. The summed E-state index contributed by atoms with van der Waals surface area (Å²) in [6.07, 6.45) is 2.90. The van der Waals surface area contributed by atoms with Gasteiger partial charge in [0.2, 0.25) is 5.95 Å². The lowest BCUT2D eigenvalue weighted by Gasteiger charge is -2.36. The Hall–Kier alpha value is -2.25. The molecule has 1 aromatic carbocycles. The van der Waals surface area contributed by atoms with Crippen LogP contribution < -0.4 is 10.2 Å². The fraction of sp³-hybridized carbons (Fsp3) is 0.357. The smallest absolute Gasteiger partial charge is 0.230 e. The summed E-state index contributed by atoms with van der Waals surface area (Å²) in [6, 6.07) is 7.96. The zero-order valence-corrected chi connectivity index (χ0v) is 11.5. The van der Waals surface area contributed by atoms with Gasteiger partial charge in [-0.1, -0.05) is 0 Å². The standard InChI is InChI=1S/C14H17N5O2/c20-7-13-8-21-6-5-19(13)12-3-1-11(2-4-12)18-14-16-9-15-10-17-14/h1-4,9-10,13,20H,5-8H2,(H,15,16,17,18)/t13-/m1/s1. The molecule has 0 bridgehead atoms. The quantitative estimate of drug-likeness (QED) is 0.861. The molecule has 1 saturated heterocycles. The number of benzene rings is 1. The minimum atomic E-state index is 0.0149. The predicted octanol–water partition coefficient (Wildman–Crippen LogP) is 0.813. The first-order valence-corrected chi connectivity index (χ1v) is 6.81. The molecule has 1 fully saturated rings. The van der Waals surface area contributed by atoms with E-state index in [0.717, 1.165) is 17.9 Å². The largest absolute Gasteiger partial charge is 0.394 e. The van der Waals surface area contributed by atoms with Gasteiger partial charge in [0, 0.05) is 17.9 Å². The summed E-state index contributed by atoms with van der Waals surface area (Å²) in [4.78, 5) is 14.0. The average molecular weight is 287 g/mol. The number of morpholine rings is 1. The maximum atomic E-state index is 9.42. The molecule has 0 unspecified atom stereocenters. The van der Waals surface area contributed by atoms with Gasteiger partial charge in [0.05, 0.1) is 25.9 Å². The van der Waals surface area contributed by atoms with Crippen molar-refractivity contribution in [2.75, 3.05) is 36.6 Å². The highest BCUT2D eigenvalue weighted by Crippen LogP contribution is 2.22. The zero-order valence-electron chi connectivity index (χ0n) is 11.5. The molecule has 2 aromatic rings. The Labute approximate surface area is 122 Å². The highest BCUT2D eigenvalue weighted by Gasteiger charge is 2.22. The van der Waals surface area contributed by atoms with Crippen molar-refractivity contribution in [2.45, 2.75) is 6.04 Å². The number of aromatic nitrogens is 3. The number of hydrogen-bond acceptors (Lipinski definition) is 7. The van der Waals surface area contributed by atoms with Gasteiger partial charge in [0.15, 0.2) is 0 Å². The fourth-order valence-corrected chi connectivity index (χ4v) is 2.32. The van der Waals surface area contributed by atoms with E-state index >= 15 is 0 Å². The van der Waals surface area contributed by atoms with Crippen LogP contribution in [0.3, 0.4) is 0 Å². The molecule has 1 atom stereocenters. The van der Waals surface area contributed by atoms with Gasteiger partial charge in [0.1, 0.15) is 12.7 Å². The van der Waals surface area contributed by atoms with Crippen molar-refractivity contribution in [3.63, 3.8) is 0 Å². The second-order valence-corrected chi connectivity index (χ2v) is 4.74. The summed E-state index contributed by atoms with van der Waals surface area (Å²) < 4.78 is 5.39. The lowest BCUT2D eigenvalue weighted by atomic mass is 10.2. The maximum Gasteiger partial charge on any atom is 0.230 e. The first-order valence-electron chi connectivity index (χ1n) is 6.81. The molecule has 0 aliphatic carbocycles. The van der Waals surface area contributed by atoms with Crippen LogP contribution in [-0.4, -0.2) is 52.5 Å². The summed E-state index contributed by atoms with van der Waals surface area (Å²) in [7, 11) is 0. The van der Waals surface area contributed by atoms with Gasteiger partial charge in [-0.05, 0) is 24.3 Å². The monoisotopic (exact) mass is 287 g/mol. The van der Waals surface area contributed by atoms with E-state index in [2.05, 4.69) is 25.2 Å². The molecule has 2 N–H and O–H groups in total. The van der Waals surface area contributed by atoms with E-state index in [1.807, 2.05) is 24.3 Å². The number of aliphatic hydroxyl groups excluding tert-OH is 1. The van der Waals surface area contributed by atoms with Gasteiger partial charge >= 0.3 is 0 Å². The van der Waals surface area contributed by atoms with E-state index in [1.165, 1.54) is 12.7 Å². The second-order valence-electron chi connectivity index (χ2n) is 4.74. The molecule has 1 aliphatic heterocycles. The van der Waals surface area contributed by atoms with Gasteiger partial charge in [0.25, 0.3) is 0 Å². The van der Waals surface area contributed by atoms with Crippen molar-refractivity contribution in [1.82, 2.24) is 15.0 Å². The second kappa shape index (κ2) is 6.47. The molecule has 7 nitrogen and oxygen atoms in total. The van der Waals surface area contributed by atoms with Crippen LogP contribution in [0.25, 0.3) is 0 Å². The van der Waals surface area contributed by atoms with Crippen LogP contribution in [0, 0.1) is 0 Å². The van der Waals surface area contributed by atoms with E-state index in [4.69, 9.17) is 4.74 Å². The molecule has 0 spiro atoms. The summed E-state index contributed by atoms with van der Waals surface area (Å²) in [5, 5.41) is 12.5. The van der Waals surface area contributed by atoms with Crippen molar-refractivity contribution < 1.29 is 9.84 Å². The molecular weight excluding hydrogens is 270 g/mol. The number of aliphatic hydroxyl groups is 1. The summed E-state index contributed by atoms with van der Waals surface area (Å²) in [5.41, 5.74) is 1.97. The lowest BCUT2D eigenvalue weighted by molar-refractivity contribution is 0.0727. The third kappa shape index (κ3) is 3.26. The van der Waals surface area contributed by atoms with E-state index < -0.39 is 0 Å². The first-order chi connectivity index (χ1) is 10.4. The third-order valence-electron chi connectivity index (χ3n) is 3.39. The van der Waals surface area contributed by atoms with Crippen molar-refractivity contribution >= 4 is 17.3 Å². The van der Waals surface area contributed by atoms with E-state index in [9.17, 15) is 5.11 Å².